The number of aliphatic hydroxyl groups excluding tert-OH is 2. The molecule has 5 heterocycles. The van der Waals surface area contributed by atoms with E-state index in [1.165, 1.54) is 0 Å². The summed E-state index contributed by atoms with van der Waals surface area (Å²) < 4.78 is 56.6. The average Bonchev–Trinajstić information content (AvgIpc) is 1.18. The lowest BCUT2D eigenvalue weighted by Crippen LogP contribution is -2.61. The predicted molar refractivity (Wildman–Crippen MR) is 380 cm³/mol. The monoisotopic (exact) mass is 1720 g/mol. The number of carbonyl (C=O) groups is 9. The third kappa shape index (κ3) is 12.9. The molecule has 5 aliphatic rings. The Kier molecular flexibility index (Phi) is 19.6. The smallest absolute Gasteiger partial charge is 0.341 e. The molecule has 9 aromatic carbocycles. The molecule has 0 saturated carbocycles. The van der Waals surface area contributed by atoms with Gasteiger partial charge in [0.05, 0.1) is 50.4 Å². The van der Waals surface area contributed by atoms with Gasteiger partial charge in [0, 0.05) is 56.6 Å². The third-order valence-electron chi connectivity index (χ3n) is 20.1. The van der Waals surface area contributed by atoms with Gasteiger partial charge in [-0.1, -0.05) is 0 Å². The summed E-state index contributed by atoms with van der Waals surface area (Å²) in [6.07, 6.45) is -27.0. The highest BCUT2D eigenvalue weighted by Gasteiger charge is 2.58. The number of hydrogen-bond acceptors (Lipinski definition) is 47. The first-order chi connectivity index (χ1) is 57.8. The van der Waals surface area contributed by atoms with Crippen LogP contribution in [0.4, 0.5) is 0 Å². The van der Waals surface area contributed by atoms with E-state index < -0.39 is 384 Å². The summed E-state index contributed by atoms with van der Waals surface area (Å²) in [6, 6.07) is 2.20. The Morgan fingerprint density at radius 1 is 0.317 bits per heavy atom. The van der Waals surface area contributed by atoms with Crippen LogP contribution in [0.25, 0.3) is 33.4 Å². The van der Waals surface area contributed by atoms with Crippen molar-refractivity contribution >= 4 is 53.7 Å². The number of fused-ring (bicyclic) bond motifs is 11. The number of aromatic hydroxyl groups is 26. The second-order valence-corrected chi connectivity index (χ2v) is 27.1. The fraction of sp³-hybridized carbons (Fsp3) is 0.160. The van der Waals surface area contributed by atoms with E-state index in [2.05, 4.69) is 0 Å². The Morgan fingerprint density at radius 3 is 1.20 bits per heavy atom. The van der Waals surface area contributed by atoms with Crippen molar-refractivity contribution in [2.24, 2.45) is 0 Å². The van der Waals surface area contributed by atoms with Crippen LogP contribution in [-0.4, -0.2) is 270 Å². The zero-order chi connectivity index (χ0) is 89.8. The first kappa shape index (κ1) is 82.2. The van der Waals surface area contributed by atoms with Gasteiger partial charge in [-0.05, 0) is 42.5 Å². The summed E-state index contributed by atoms with van der Waals surface area (Å²) in [7, 11) is 0. The van der Waals surface area contributed by atoms with Crippen molar-refractivity contribution in [3.63, 3.8) is 0 Å². The summed E-state index contributed by atoms with van der Waals surface area (Å²) in [4.78, 5) is 133. The van der Waals surface area contributed by atoms with Crippen molar-refractivity contribution in [3.05, 3.63) is 116 Å². The minimum absolute atomic E-state index is 0.0579. The number of benzene rings is 9. The fourth-order valence-electron chi connectivity index (χ4n) is 14.3. The standard InChI is InChI=1S/C75H52O48/c76-20-1-12(2-21(77)41(20)84)67(106)117-30-11-115-68(107)13-3-22(78)42(85)49(92)31(13)32-15(5-24(80)43(86)50(32)93)71(110)120-63(30)65-64-39(38-40(74(113)121-64)37(55(98)57(100)56(38)99)35-16(72(111)122-65)6-25(81)45(88)52(35)95)36-17(7-26(82)46(89)53(36)96)73(112)123-75-60(103)59(102)62-29(118-75)10-114-69(108)18-9-28(116-61-19(66(104)105)8-27(83)47(90)58(61)101)48(91)54(97)34(18)33-14(70(109)119-62)4-23(79)44(87)51(33)94/h1-9,29-30,39,59-60,62-65,75-103H,10-11H2,(H,104,105). The summed E-state index contributed by atoms with van der Waals surface area (Å²) in [6.45, 7) is -3.43. The average molecular weight is 1720 g/mol. The number of phenols is 26. The lowest BCUT2D eigenvalue weighted by molar-refractivity contribution is -0.284. The van der Waals surface area contributed by atoms with E-state index in [1.54, 1.807) is 0 Å². The predicted octanol–water partition coefficient (Wildman–Crippen LogP) is 2.35. The van der Waals surface area contributed by atoms with Gasteiger partial charge in [-0.15, -0.1) is 0 Å². The van der Waals surface area contributed by atoms with Crippen molar-refractivity contribution in [3.8, 4) is 194 Å². The van der Waals surface area contributed by atoms with E-state index in [-0.39, 0.29) is 30.3 Å². The number of carboxylic acids is 1. The molecule has 0 spiro atoms. The van der Waals surface area contributed by atoms with E-state index >= 15 is 19.2 Å². The number of phenolic OH excluding ortho intramolecular Hbond substituents is 26. The molecule has 1 saturated heterocycles. The normalized spacial score (nSPS) is 20.3. The molecule has 0 aromatic heterocycles. The molecular weight excluding hydrogens is 1670 g/mol. The molecule has 48 nitrogen and oxygen atoms in total. The largest absolute Gasteiger partial charge is 0.504 e. The molecule has 2 bridgehead atoms. The topological polar surface area (TPSA) is 833 Å². The van der Waals surface area contributed by atoms with Crippen molar-refractivity contribution in [2.75, 3.05) is 13.2 Å². The van der Waals surface area contributed by atoms with E-state index in [0.717, 1.165) is 0 Å². The van der Waals surface area contributed by atoms with Crippen LogP contribution in [0.1, 0.15) is 110 Å². The zero-order valence-electron chi connectivity index (χ0n) is 60.1. The van der Waals surface area contributed by atoms with Crippen molar-refractivity contribution in [1.82, 2.24) is 0 Å². The molecule has 10 unspecified atom stereocenters. The molecule has 640 valence electrons. The van der Waals surface area contributed by atoms with Gasteiger partial charge in [-0.25, -0.2) is 43.2 Å². The van der Waals surface area contributed by atoms with E-state index in [0.29, 0.717) is 24.3 Å². The van der Waals surface area contributed by atoms with E-state index in [1.807, 2.05) is 0 Å². The molecule has 29 N–H and O–H groups in total. The molecule has 123 heavy (non-hydrogen) atoms. The second-order valence-electron chi connectivity index (χ2n) is 27.1. The van der Waals surface area contributed by atoms with Crippen LogP contribution in [0.15, 0.2) is 54.6 Å². The van der Waals surface area contributed by atoms with Gasteiger partial charge < -0.3 is 195 Å². The highest BCUT2D eigenvalue weighted by atomic mass is 16.7. The van der Waals surface area contributed by atoms with Crippen molar-refractivity contribution < 1.29 is 239 Å². The Hall–Kier alpha value is -17.3. The lowest BCUT2D eigenvalue weighted by Gasteiger charge is -2.43. The summed E-state index contributed by atoms with van der Waals surface area (Å²) >= 11 is 0. The minimum atomic E-state index is -3.41. The first-order valence-corrected chi connectivity index (χ1v) is 34.2. The summed E-state index contributed by atoms with van der Waals surface area (Å²) in [5, 5.41) is 326. The van der Waals surface area contributed by atoms with Crippen molar-refractivity contribution in [1.29, 1.82) is 0 Å². The maximum Gasteiger partial charge on any atom is 0.341 e. The van der Waals surface area contributed by atoms with Crippen molar-refractivity contribution in [2.45, 2.75) is 61.0 Å². The maximum absolute atomic E-state index is 15.6. The molecule has 0 aliphatic carbocycles. The number of rotatable bonds is 9. The highest BCUT2D eigenvalue weighted by molar-refractivity contribution is 6.13. The van der Waals surface area contributed by atoms with Gasteiger partial charge in [0.15, 0.2) is 140 Å². The molecular formula is C75H52O48. The number of ether oxygens (including phenoxy) is 10. The molecule has 14 rings (SSSR count). The number of aromatic carboxylic acids is 1. The summed E-state index contributed by atoms with van der Waals surface area (Å²) in [5.41, 5.74) is -24.0. The van der Waals surface area contributed by atoms with E-state index in [9.17, 15) is 172 Å². The zero-order valence-corrected chi connectivity index (χ0v) is 60.1. The van der Waals surface area contributed by atoms with E-state index in [4.69, 9.17) is 47.4 Å². The van der Waals surface area contributed by atoms with Gasteiger partial charge in [0.2, 0.25) is 58.0 Å². The summed E-state index contributed by atoms with van der Waals surface area (Å²) in [5.74, 6) is -67.2. The number of esters is 8. The number of cyclic esters (lactones) is 4. The fourth-order valence-corrected chi connectivity index (χ4v) is 14.3. The highest BCUT2D eigenvalue weighted by Crippen LogP contribution is 2.63. The van der Waals surface area contributed by atoms with Gasteiger partial charge in [0.25, 0.3) is 0 Å². The lowest BCUT2D eigenvalue weighted by atomic mass is 9.73. The molecule has 0 amide bonds. The molecule has 9 aromatic rings. The Balaban J connectivity index is 0.952. The molecule has 1 fully saturated rings. The number of carbonyl (C=O) groups excluding carboxylic acids is 8. The van der Waals surface area contributed by atoms with Crippen LogP contribution in [0, 0.1) is 0 Å². The molecule has 48 heteroatoms. The van der Waals surface area contributed by atoms with Crippen LogP contribution in [0.2, 0.25) is 0 Å². The third-order valence-corrected chi connectivity index (χ3v) is 20.1. The van der Waals surface area contributed by atoms with Crippen LogP contribution < -0.4 is 4.74 Å². The van der Waals surface area contributed by atoms with Crippen LogP contribution in [-0.2, 0) is 42.6 Å². The number of hydrogen-bond donors (Lipinski definition) is 29. The maximum atomic E-state index is 15.6. The quantitative estimate of drug-likeness (QED) is 0.0560. The minimum Gasteiger partial charge on any atom is -0.504 e. The van der Waals surface area contributed by atoms with Gasteiger partial charge in [0.1, 0.15) is 37.1 Å². The molecule has 10 atom stereocenters. The van der Waals surface area contributed by atoms with Gasteiger partial charge in [-0.3, -0.25) is 0 Å². The second kappa shape index (κ2) is 29.4. The first-order valence-electron chi connectivity index (χ1n) is 34.2. The molecule has 0 radical (unpaired) electrons. The van der Waals surface area contributed by atoms with Crippen LogP contribution >= 0.6 is 0 Å². The SMILES string of the molecule is O=C(OC1COC(=O)c2cc(O)c(O)c(O)c2-c2c(cc(O)c(O)c2O)C(=O)OC1C1OC(=O)c2cc(O)c(O)c(O)c2-c2c(O)c(O)c(O)c3c2C(=O)OC1C3c1c(C(=O)OC2OC3COC(=O)c4cc(Oc5c(C(=O)O)cc(O)c(O)c5O)c(O)c(O)c4-c4c(cc(O)c(O)c4O)C(=O)OC3C(O)C2O)cc(O)c(O)c1O)c1cc(O)c(O)c(O)c1. The number of aliphatic hydroxyl groups is 2. The van der Waals surface area contributed by atoms with Gasteiger partial charge >= 0.3 is 53.7 Å². The van der Waals surface area contributed by atoms with Gasteiger partial charge in [-0.2, -0.15) is 0 Å². The Morgan fingerprint density at radius 2 is 0.699 bits per heavy atom. The molecule has 5 aliphatic heterocycles. The Labute approximate surface area is 674 Å². The van der Waals surface area contributed by atoms with Crippen LogP contribution in [0.3, 0.4) is 0 Å². The Bertz CT molecular complexity index is 6240. The number of carboxylic acid groups (broad SMARTS) is 1. The van der Waals surface area contributed by atoms with Crippen LogP contribution in [0.5, 0.6) is 161 Å².